The van der Waals surface area contributed by atoms with Gasteiger partial charge < -0.3 is 17.0 Å². The van der Waals surface area contributed by atoms with Crippen LogP contribution >= 0.6 is 11.3 Å². The van der Waals surface area contributed by atoms with Crippen molar-refractivity contribution < 1.29 is 17.0 Å². The van der Waals surface area contributed by atoms with Gasteiger partial charge in [0.15, 0.2) is 0 Å². The average Bonchev–Trinajstić information content (AvgIpc) is 2.97. The van der Waals surface area contributed by atoms with E-state index in [1.165, 1.54) is 16.7 Å². The number of rotatable bonds is 4. The van der Waals surface area contributed by atoms with E-state index < -0.39 is 0 Å². The van der Waals surface area contributed by atoms with Crippen molar-refractivity contribution in [1.82, 2.24) is 9.99 Å². The van der Waals surface area contributed by atoms with E-state index in [2.05, 4.69) is 71.2 Å². The topological polar surface area (TPSA) is 29.3 Å². The van der Waals surface area contributed by atoms with Crippen LogP contribution in [0.1, 0.15) is 18.1 Å². The zero-order valence-electron chi connectivity index (χ0n) is 14.6. The Bertz CT molecular complexity index is 939. The Kier molecular flexibility index (Phi) is 6.39. The second-order valence-corrected chi connectivity index (χ2v) is 6.73. The molecule has 0 unspecified atom stereocenters. The fraction of sp³-hybridized carbons (Fsp3) is 0.150. The van der Waals surface area contributed by atoms with Crippen LogP contribution in [0.3, 0.4) is 0 Å². The van der Waals surface area contributed by atoms with Crippen LogP contribution in [-0.4, -0.2) is 4.57 Å². The number of thiazole rings is 1. The number of benzene rings is 2. The molecule has 5 heteroatoms. The third-order valence-corrected chi connectivity index (χ3v) is 4.55. The molecule has 130 valence electrons. The SMILES string of the molecule is C=C(C)N/N=c1/scc(-c2ccc(C)cc2C)n1-c1ccccc1.[Br-]. The Morgan fingerprint density at radius 2 is 1.84 bits per heavy atom. The summed E-state index contributed by atoms with van der Waals surface area (Å²) >= 11 is 1.61. The van der Waals surface area contributed by atoms with Gasteiger partial charge >= 0.3 is 0 Å². The number of para-hydroxylation sites is 1. The molecule has 3 nitrogen and oxygen atoms in total. The summed E-state index contributed by atoms with van der Waals surface area (Å²) in [5.74, 6) is 0. The average molecular weight is 415 g/mol. The second kappa shape index (κ2) is 8.32. The second-order valence-electron chi connectivity index (χ2n) is 5.90. The van der Waals surface area contributed by atoms with E-state index in [9.17, 15) is 0 Å². The Balaban J connectivity index is 0.00000225. The molecule has 0 atom stereocenters. The minimum absolute atomic E-state index is 0. The molecule has 0 amide bonds. The van der Waals surface area contributed by atoms with Crippen LogP contribution in [0.4, 0.5) is 0 Å². The first-order valence-corrected chi connectivity index (χ1v) is 8.73. The largest absolute Gasteiger partial charge is 1.00 e. The summed E-state index contributed by atoms with van der Waals surface area (Å²) in [5, 5.41) is 6.66. The first-order chi connectivity index (χ1) is 11.6. The molecule has 1 N–H and O–H groups in total. The Hall–Kier alpha value is -2.11. The van der Waals surface area contributed by atoms with Crippen LogP contribution in [0.15, 0.2) is 71.3 Å². The van der Waals surface area contributed by atoms with Gasteiger partial charge in [0.25, 0.3) is 0 Å². The molecule has 0 fully saturated rings. The Morgan fingerprint density at radius 3 is 2.48 bits per heavy atom. The van der Waals surface area contributed by atoms with Gasteiger partial charge in [-0.05, 0) is 38.5 Å². The highest BCUT2D eigenvalue weighted by Gasteiger charge is 2.12. The van der Waals surface area contributed by atoms with Crippen LogP contribution < -0.4 is 27.2 Å². The predicted molar refractivity (Wildman–Crippen MR) is 102 cm³/mol. The third kappa shape index (κ3) is 4.30. The van der Waals surface area contributed by atoms with Gasteiger partial charge in [0.2, 0.25) is 4.80 Å². The third-order valence-electron chi connectivity index (χ3n) is 3.72. The molecule has 3 rings (SSSR count). The van der Waals surface area contributed by atoms with Crippen molar-refractivity contribution in [3.05, 3.63) is 82.1 Å². The van der Waals surface area contributed by atoms with Gasteiger partial charge in [-0.2, -0.15) is 0 Å². The highest BCUT2D eigenvalue weighted by molar-refractivity contribution is 7.07. The van der Waals surface area contributed by atoms with Crippen molar-refractivity contribution in [1.29, 1.82) is 0 Å². The number of hydrogen-bond donors (Lipinski definition) is 1. The van der Waals surface area contributed by atoms with Gasteiger partial charge in [-0.25, -0.2) is 0 Å². The highest BCUT2D eigenvalue weighted by atomic mass is 79.9. The molecule has 3 aromatic rings. The molecule has 0 bridgehead atoms. The van der Waals surface area contributed by atoms with Gasteiger partial charge in [0.1, 0.15) is 0 Å². The smallest absolute Gasteiger partial charge is 0.213 e. The molecule has 0 spiro atoms. The van der Waals surface area contributed by atoms with Crippen LogP contribution in [0, 0.1) is 13.8 Å². The summed E-state index contributed by atoms with van der Waals surface area (Å²) in [4.78, 5) is 0.888. The van der Waals surface area contributed by atoms with E-state index in [1.54, 1.807) is 11.3 Å². The normalized spacial score (nSPS) is 11.1. The van der Waals surface area contributed by atoms with Crippen LogP contribution in [0.25, 0.3) is 16.9 Å². The molecule has 1 aromatic heterocycles. The summed E-state index contributed by atoms with van der Waals surface area (Å²) in [6, 6.07) is 16.9. The zero-order chi connectivity index (χ0) is 17.1. The fourth-order valence-corrected chi connectivity index (χ4v) is 3.51. The van der Waals surface area contributed by atoms with E-state index in [4.69, 9.17) is 0 Å². The Morgan fingerprint density at radius 1 is 1.12 bits per heavy atom. The zero-order valence-corrected chi connectivity index (χ0v) is 17.0. The van der Waals surface area contributed by atoms with E-state index in [1.807, 2.05) is 25.1 Å². The number of hydrogen-bond acceptors (Lipinski definition) is 3. The lowest BCUT2D eigenvalue weighted by molar-refractivity contribution is -0.00000506. The molecule has 2 aromatic carbocycles. The summed E-state index contributed by atoms with van der Waals surface area (Å²) in [7, 11) is 0. The molecule has 0 radical (unpaired) electrons. The maximum atomic E-state index is 4.51. The van der Waals surface area contributed by atoms with E-state index in [0.29, 0.717) is 0 Å². The summed E-state index contributed by atoms with van der Waals surface area (Å²) < 4.78 is 2.18. The standard InChI is InChI=1S/C20H21N3S.BrH/c1-14(2)21-22-20-23(17-8-6-5-7-9-17)19(13-24-20)18-11-10-15(3)12-16(18)4;/h5-13,21H,1H2,2-4H3;1H/p-1/b22-20+;. The fourth-order valence-electron chi connectivity index (χ4n) is 2.65. The molecule has 0 aliphatic rings. The van der Waals surface area contributed by atoms with Crippen molar-refractivity contribution in [3.63, 3.8) is 0 Å². The molecule has 0 saturated carbocycles. The van der Waals surface area contributed by atoms with Crippen molar-refractivity contribution in [2.75, 3.05) is 0 Å². The minimum atomic E-state index is 0. The van der Waals surface area contributed by atoms with Crippen molar-refractivity contribution in [2.24, 2.45) is 5.10 Å². The molecular formula is C20H21BrN3S-. The lowest BCUT2D eigenvalue weighted by Gasteiger charge is -2.12. The number of nitrogens with one attached hydrogen (secondary N) is 1. The van der Waals surface area contributed by atoms with Gasteiger partial charge in [0.05, 0.1) is 5.69 Å². The van der Waals surface area contributed by atoms with Crippen LogP contribution in [-0.2, 0) is 0 Å². The maximum absolute atomic E-state index is 4.51. The molecule has 25 heavy (non-hydrogen) atoms. The number of aromatic nitrogens is 1. The molecule has 0 aliphatic heterocycles. The number of halogens is 1. The number of nitrogens with zero attached hydrogens (tertiary/aromatic N) is 2. The number of aryl methyl sites for hydroxylation is 2. The monoisotopic (exact) mass is 414 g/mol. The van der Waals surface area contributed by atoms with Gasteiger partial charge in [-0.15, -0.1) is 16.4 Å². The van der Waals surface area contributed by atoms with Crippen LogP contribution in [0.2, 0.25) is 0 Å². The quantitative estimate of drug-likeness (QED) is 0.647. The molecular weight excluding hydrogens is 394 g/mol. The summed E-state index contributed by atoms with van der Waals surface area (Å²) in [5.41, 5.74) is 9.79. The van der Waals surface area contributed by atoms with Gasteiger partial charge in [-0.3, -0.25) is 9.99 Å². The lowest BCUT2D eigenvalue weighted by atomic mass is 10.0. The lowest BCUT2D eigenvalue weighted by Crippen LogP contribution is -3.00. The summed E-state index contributed by atoms with van der Waals surface area (Å²) in [6.45, 7) is 10.0. The predicted octanol–water partition coefficient (Wildman–Crippen LogP) is 1.77. The minimum Gasteiger partial charge on any atom is -1.00 e. The van der Waals surface area contributed by atoms with E-state index in [-0.39, 0.29) is 17.0 Å². The first kappa shape index (κ1) is 19.2. The molecule has 0 aliphatic carbocycles. The van der Waals surface area contributed by atoms with Crippen molar-refractivity contribution in [3.8, 4) is 16.9 Å². The molecule has 0 saturated heterocycles. The Labute approximate surface area is 163 Å². The van der Waals surface area contributed by atoms with Crippen molar-refractivity contribution >= 4 is 11.3 Å². The van der Waals surface area contributed by atoms with Gasteiger partial charge in [-0.1, -0.05) is 48.5 Å². The van der Waals surface area contributed by atoms with Crippen molar-refractivity contribution in [2.45, 2.75) is 20.8 Å². The molecule has 1 heterocycles. The highest BCUT2D eigenvalue weighted by Crippen LogP contribution is 2.27. The maximum Gasteiger partial charge on any atom is 0.213 e. The van der Waals surface area contributed by atoms with E-state index in [0.717, 1.165) is 21.9 Å². The number of allylic oxidation sites excluding steroid dienone is 1. The van der Waals surface area contributed by atoms with Crippen LogP contribution in [0.5, 0.6) is 0 Å². The first-order valence-electron chi connectivity index (χ1n) is 7.85. The van der Waals surface area contributed by atoms with Gasteiger partial charge in [0, 0.05) is 22.3 Å². The van der Waals surface area contributed by atoms with E-state index >= 15 is 0 Å². The summed E-state index contributed by atoms with van der Waals surface area (Å²) in [6.07, 6.45) is 0.